The fourth-order valence-electron chi connectivity index (χ4n) is 3.17. The van der Waals surface area contributed by atoms with E-state index in [1.54, 1.807) is 31.2 Å². The third-order valence-corrected chi connectivity index (χ3v) is 6.43. The predicted octanol–water partition coefficient (Wildman–Crippen LogP) is 3.70. The fourth-order valence-corrected chi connectivity index (χ4v) is 4.85. The standard InChI is InChI=1S/C19H21FN2O3S/c1-2-19(23)21-16-8-10-17(11-9-16)26(24,25)22-12-4-7-18(22)14-5-3-6-15(20)13-14/h3,5-6,8-11,13,18H,2,4,7,12H2,1H3,(H,21,23)/t18-/m1/s1. The van der Waals surface area contributed by atoms with Gasteiger partial charge < -0.3 is 5.32 Å². The van der Waals surface area contributed by atoms with Crippen molar-refractivity contribution in [3.63, 3.8) is 0 Å². The Labute approximate surface area is 152 Å². The van der Waals surface area contributed by atoms with Crippen LogP contribution in [0, 0.1) is 5.82 Å². The molecule has 1 N–H and O–H groups in total. The Bertz CT molecular complexity index is 897. The van der Waals surface area contributed by atoms with Gasteiger partial charge in [0.1, 0.15) is 5.82 Å². The summed E-state index contributed by atoms with van der Waals surface area (Å²) in [6.07, 6.45) is 1.74. The van der Waals surface area contributed by atoms with Crippen molar-refractivity contribution in [3.8, 4) is 0 Å². The highest BCUT2D eigenvalue weighted by Gasteiger charge is 2.36. The van der Waals surface area contributed by atoms with E-state index in [1.165, 1.54) is 28.6 Å². The lowest BCUT2D eigenvalue weighted by Crippen LogP contribution is -2.30. The number of nitrogens with one attached hydrogen (secondary N) is 1. The first-order valence-corrected chi connectivity index (χ1v) is 10.0. The van der Waals surface area contributed by atoms with Crippen LogP contribution in [0.25, 0.3) is 0 Å². The number of hydrogen-bond acceptors (Lipinski definition) is 3. The van der Waals surface area contributed by atoms with Gasteiger partial charge in [0.25, 0.3) is 0 Å². The Kier molecular flexibility index (Phi) is 5.38. The summed E-state index contributed by atoms with van der Waals surface area (Å²) in [6.45, 7) is 2.14. The summed E-state index contributed by atoms with van der Waals surface area (Å²) in [4.78, 5) is 11.6. The summed E-state index contributed by atoms with van der Waals surface area (Å²) in [6, 6.07) is 11.9. The zero-order valence-electron chi connectivity index (χ0n) is 14.5. The summed E-state index contributed by atoms with van der Waals surface area (Å²) < 4.78 is 41.0. The highest BCUT2D eigenvalue weighted by molar-refractivity contribution is 7.89. The summed E-state index contributed by atoms with van der Waals surface area (Å²) in [7, 11) is -3.70. The molecule has 0 unspecified atom stereocenters. The zero-order chi connectivity index (χ0) is 18.7. The number of carbonyl (C=O) groups excluding carboxylic acids is 1. The second-order valence-electron chi connectivity index (χ2n) is 6.25. The van der Waals surface area contributed by atoms with Crippen LogP contribution < -0.4 is 5.32 Å². The monoisotopic (exact) mass is 376 g/mol. The molecule has 0 radical (unpaired) electrons. The molecular formula is C19H21FN2O3S. The van der Waals surface area contributed by atoms with E-state index in [4.69, 9.17) is 0 Å². The molecule has 0 aromatic heterocycles. The topological polar surface area (TPSA) is 66.5 Å². The number of anilines is 1. The van der Waals surface area contributed by atoms with Crippen LogP contribution in [0.15, 0.2) is 53.4 Å². The number of carbonyl (C=O) groups is 1. The number of amides is 1. The van der Waals surface area contributed by atoms with Gasteiger partial charge in [0.2, 0.25) is 15.9 Å². The lowest BCUT2D eigenvalue weighted by Gasteiger charge is -2.24. The van der Waals surface area contributed by atoms with Crippen molar-refractivity contribution in [1.29, 1.82) is 0 Å². The van der Waals surface area contributed by atoms with E-state index in [0.29, 0.717) is 30.6 Å². The molecule has 138 valence electrons. The van der Waals surface area contributed by atoms with Gasteiger partial charge in [0.05, 0.1) is 10.9 Å². The number of benzene rings is 2. The third kappa shape index (κ3) is 3.78. The highest BCUT2D eigenvalue weighted by atomic mass is 32.2. The molecule has 2 aromatic rings. The Morgan fingerprint density at radius 1 is 1.23 bits per heavy atom. The first-order chi connectivity index (χ1) is 12.4. The first kappa shape index (κ1) is 18.5. The van der Waals surface area contributed by atoms with Crippen LogP contribution in [-0.2, 0) is 14.8 Å². The van der Waals surface area contributed by atoms with Crippen LogP contribution in [0.3, 0.4) is 0 Å². The van der Waals surface area contributed by atoms with Crippen molar-refractivity contribution in [3.05, 3.63) is 59.9 Å². The molecule has 2 aromatic carbocycles. The summed E-state index contributed by atoms with van der Waals surface area (Å²) in [5.74, 6) is -0.505. The Morgan fingerprint density at radius 2 is 1.96 bits per heavy atom. The number of halogens is 1. The summed E-state index contributed by atoms with van der Waals surface area (Å²) in [5.41, 5.74) is 1.22. The minimum Gasteiger partial charge on any atom is -0.326 e. The summed E-state index contributed by atoms with van der Waals surface area (Å²) in [5, 5.41) is 2.69. The molecule has 1 aliphatic heterocycles. The van der Waals surface area contributed by atoms with Crippen LogP contribution in [0.1, 0.15) is 37.8 Å². The number of sulfonamides is 1. The average molecular weight is 376 g/mol. The quantitative estimate of drug-likeness (QED) is 0.865. The average Bonchev–Trinajstić information content (AvgIpc) is 3.13. The third-order valence-electron chi connectivity index (χ3n) is 4.50. The molecule has 0 aliphatic carbocycles. The second kappa shape index (κ2) is 7.55. The molecule has 1 saturated heterocycles. The van der Waals surface area contributed by atoms with Gasteiger partial charge >= 0.3 is 0 Å². The second-order valence-corrected chi connectivity index (χ2v) is 8.15. The molecule has 1 aliphatic rings. The van der Waals surface area contributed by atoms with E-state index >= 15 is 0 Å². The van der Waals surface area contributed by atoms with Crippen molar-refractivity contribution in [1.82, 2.24) is 4.31 Å². The maximum Gasteiger partial charge on any atom is 0.243 e. The van der Waals surface area contributed by atoms with E-state index < -0.39 is 10.0 Å². The molecule has 0 saturated carbocycles. The maximum absolute atomic E-state index is 13.5. The van der Waals surface area contributed by atoms with Gasteiger partial charge in [-0.1, -0.05) is 19.1 Å². The summed E-state index contributed by atoms with van der Waals surface area (Å²) >= 11 is 0. The maximum atomic E-state index is 13.5. The molecule has 1 atom stereocenters. The van der Waals surface area contributed by atoms with E-state index in [9.17, 15) is 17.6 Å². The van der Waals surface area contributed by atoms with Crippen molar-refractivity contribution < 1.29 is 17.6 Å². The molecule has 0 bridgehead atoms. The number of hydrogen-bond donors (Lipinski definition) is 1. The van der Waals surface area contributed by atoms with E-state index in [-0.39, 0.29) is 22.7 Å². The molecule has 1 amide bonds. The smallest absolute Gasteiger partial charge is 0.243 e. The normalized spacial score (nSPS) is 18.0. The number of nitrogens with zero attached hydrogens (tertiary/aromatic N) is 1. The van der Waals surface area contributed by atoms with Crippen LogP contribution in [0.5, 0.6) is 0 Å². The van der Waals surface area contributed by atoms with Crippen molar-refractivity contribution in [2.45, 2.75) is 37.1 Å². The van der Waals surface area contributed by atoms with Gasteiger partial charge in [-0.3, -0.25) is 4.79 Å². The molecular weight excluding hydrogens is 355 g/mol. The SMILES string of the molecule is CCC(=O)Nc1ccc(S(=O)(=O)N2CCC[C@@H]2c2cccc(F)c2)cc1. The minimum absolute atomic E-state index is 0.133. The van der Waals surface area contributed by atoms with Crippen molar-refractivity contribution in [2.24, 2.45) is 0 Å². The van der Waals surface area contributed by atoms with Crippen molar-refractivity contribution in [2.75, 3.05) is 11.9 Å². The molecule has 26 heavy (non-hydrogen) atoms. The Balaban J connectivity index is 1.86. The largest absolute Gasteiger partial charge is 0.326 e. The van der Waals surface area contributed by atoms with E-state index in [1.807, 2.05) is 0 Å². The van der Waals surface area contributed by atoms with Crippen molar-refractivity contribution >= 4 is 21.6 Å². The first-order valence-electron chi connectivity index (χ1n) is 8.59. The van der Waals surface area contributed by atoms with Crippen LogP contribution >= 0.6 is 0 Å². The van der Waals surface area contributed by atoms with Gasteiger partial charge in [0.15, 0.2) is 0 Å². The van der Waals surface area contributed by atoms with Gasteiger partial charge in [-0.25, -0.2) is 12.8 Å². The van der Waals surface area contributed by atoms with Gasteiger partial charge in [-0.05, 0) is 54.8 Å². The van der Waals surface area contributed by atoms with Crippen LogP contribution in [0.4, 0.5) is 10.1 Å². The van der Waals surface area contributed by atoms with Crippen LogP contribution in [-0.4, -0.2) is 25.2 Å². The van der Waals surface area contributed by atoms with Gasteiger partial charge in [0, 0.05) is 18.7 Å². The molecule has 1 heterocycles. The minimum atomic E-state index is -3.70. The van der Waals surface area contributed by atoms with Gasteiger partial charge in [-0.15, -0.1) is 0 Å². The molecule has 1 fully saturated rings. The highest BCUT2D eigenvalue weighted by Crippen LogP contribution is 2.36. The fraction of sp³-hybridized carbons (Fsp3) is 0.316. The lowest BCUT2D eigenvalue weighted by molar-refractivity contribution is -0.115. The number of rotatable bonds is 5. The van der Waals surface area contributed by atoms with E-state index in [2.05, 4.69) is 5.32 Å². The van der Waals surface area contributed by atoms with Crippen LogP contribution in [0.2, 0.25) is 0 Å². The Hall–Kier alpha value is -2.25. The predicted molar refractivity (Wildman–Crippen MR) is 97.6 cm³/mol. The molecule has 0 spiro atoms. The molecule has 3 rings (SSSR count). The molecule has 7 heteroatoms. The lowest BCUT2D eigenvalue weighted by atomic mass is 10.1. The van der Waals surface area contributed by atoms with Gasteiger partial charge in [-0.2, -0.15) is 4.31 Å². The Morgan fingerprint density at radius 3 is 2.62 bits per heavy atom. The zero-order valence-corrected chi connectivity index (χ0v) is 15.3. The molecule has 5 nitrogen and oxygen atoms in total. The van der Waals surface area contributed by atoms with E-state index in [0.717, 1.165) is 6.42 Å².